The molecule has 0 bridgehead atoms. The van der Waals surface area contributed by atoms with E-state index in [2.05, 4.69) is 11.4 Å². The molecule has 0 aliphatic carbocycles. The van der Waals surface area contributed by atoms with Gasteiger partial charge in [0.25, 0.3) is 0 Å². The number of nitriles is 1. The van der Waals surface area contributed by atoms with E-state index >= 15 is 0 Å². The lowest BCUT2D eigenvalue weighted by atomic mass is 10.1. The Balaban J connectivity index is 2.01. The van der Waals surface area contributed by atoms with Crippen molar-refractivity contribution in [1.82, 2.24) is 0 Å². The number of hydrogen-bond acceptors (Lipinski definition) is 4. The Morgan fingerprint density at radius 2 is 1.96 bits per heavy atom. The number of rotatable bonds is 7. The van der Waals surface area contributed by atoms with Crippen LogP contribution in [0.3, 0.4) is 0 Å². The molecule has 0 aliphatic rings. The summed E-state index contributed by atoms with van der Waals surface area (Å²) in [5.74, 6) is 1.06. The number of amides is 1. The summed E-state index contributed by atoms with van der Waals surface area (Å²) in [6, 6.07) is 14.8. The van der Waals surface area contributed by atoms with Crippen LogP contribution in [0.1, 0.15) is 18.1 Å². The molecule has 25 heavy (non-hydrogen) atoms. The number of carbonyl (C=O) groups excluding carboxylic acids is 1. The molecule has 0 heterocycles. The topological polar surface area (TPSA) is 71.3 Å². The Labute approximate surface area is 147 Å². The van der Waals surface area contributed by atoms with Gasteiger partial charge in [-0.2, -0.15) is 5.26 Å². The molecule has 0 saturated heterocycles. The lowest BCUT2D eigenvalue weighted by Crippen LogP contribution is -2.07. The molecule has 0 fully saturated rings. The summed E-state index contributed by atoms with van der Waals surface area (Å²) in [6.07, 6.45) is 3.52. The molecule has 0 unspecified atom stereocenters. The van der Waals surface area contributed by atoms with Crippen LogP contribution in [0.15, 0.2) is 48.5 Å². The van der Waals surface area contributed by atoms with Gasteiger partial charge in [0.1, 0.15) is 0 Å². The molecule has 2 aromatic carbocycles. The van der Waals surface area contributed by atoms with Crippen LogP contribution in [0.4, 0.5) is 5.69 Å². The average molecular weight is 336 g/mol. The quantitative estimate of drug-likeness (QED) is 0.780. The summed E-state index contributed by atoms with van der Waals surface area (Å²) in [7, 11) is 1.58. The third-order valence-corrected chi connectivity index (χ3v) is 3.42. The molecule has 0 spiro atoms. The second-order valence-electron chi connectivity index (χ2n) is 5.20. The number of anilines is 1. The summed E-state index contributed by atoms with van der Waals surface area (Å²) < 4.78 is 10.8. The van der Waals surface area contributed by atoms with E-state index in [-0.39, 0.29) is 5.91 Å². The molecular formula is C20H20N2O3. The molecule has 2 aromatic rings. The van der Waals surface area contributed by atoms with Crippen LogP contribution in [0, 0.1) is 11.3 Å². The second kappa shape index (κ2) is 9.14. The van der Waals surface area contributed by atoms with E-state index in [0.717, 1.165) is 11.1 Å². The average Bonchev–Trinajstić information content (AvgIpc) is 2.63. The number of nitrogens with one attached hydrogen (secondary N) is 1. The number of hydrogen-bond donors (Lipinski definition) is 1. The molecule has 0 radical (unpaired) electrons. The summed E-state index contributed by atoms with van der Waals surface area (Å²) in [5, 5.41) is 11.4. The number of benzene rings is 2. The van der Waals surface area contributed by atoms with E-state index in [1.807, 2.05) is 37.3 Å². The molecule has 0 atom stereocenters. The molecule has 5 heteroatoms. The number of nitrogens with zero attached hydrogens (tertiary/aromatic N) is 1. The summed E-state index contributed by atoms with van der Waals surface area (Å²) in [6.45, 7) is 2.46. The molecule has 0 aliphatic heterocycles. The zero-order valence-corrected chi connectivity index (χ0v) is 14.3. The van der Waals surface area contributed by atoms with Gasteiger partial charge in [-0.05, 0) is 48.4 Å². The van der Waals surface area contributed by atoms with Crippen molar-refractivity contribution in [2.24, 2.45) is 0 Å². The van der Waals surface area contributed by atoms with Gasteiger partial charge in [0.15, 0.2) is 11.5 Å². The van der Waals surface area contributed by atoms with Crippen LogP contribution in [0.2, 0.25) is 0 Å². The Hall–Kier alpha value is -3.26. The lowest BCUT2D eigenvalue weighted by molar-refractivity contribution is -0.111. The van der Waals surface area contributed by atoms with Gasteiger partial charge in [-0.15, -0.1) is 0 Å². The van der Waals surface area contributed by atoms with Crippen molar-refractivity contribution in [2.75, 3.05) is 19.0 Å². The van der Waals surface area contributed by atoms with Gasteiger partial charge >= 0.3 is 0 Å². The van der Waals surface area contributed by atoms with E-state index in [9.17, 15) is 4.79 Å². The maximum absolute atomic E-state index is 12.0. The summed E-state index contributed by atoms with van der Waals surface area (Å²) in [4.78, 5) is 12.0. The molecular weight excluding hydrogens is 316 g/mol. The van der Waals surface area contributed by atoms with Crippen LogP contribution < -0.4 is 14.8 Å². The largest absolute Gasteiger partial charge is 0.493 e. The molecule has 1 amide bonds. The fraction of sp³-hybridized carbons (Fsp3) is 0.200. The molecule has 2 rings (SSSR count). The van der Waals surface area contributed by atoms with E-state index in [0.29, 0.717) is 30.2 Å². The van der Waals surface area contributed by atoms with Crippen molar-refractivity contribution in [3.63, 3.8) is 0 Å². The zero-order chi connectivity index (χ0) is 18.1. The zero-order valence-electron chi connectivity index (χ0n) is 14.3. The predicted octanol–water partition coefficient (Wildman–Crippen LogP) is 3.81. The van der Waals surface area contributed by atoms with Crippen LogP contribution in [0.5, 0.6) is 11.5 Å². The van der Waals surface area contributed by atoms with Crippen molar-refractivity contribution in [3.8, 4) is 17.6 Å². The fourth-order valence-corrected chi connectivity index (χ4v) is 2.22. The first-order chi connectivity index (χ1) is 12.2. The first kappa shape index (κ1) is 18.1. The van der Waals surface area contributed by atoms with E-state index < -0.39 is 0 Å². The SMILES string of the molecule is CCOc1ccc(/C=C/C(=O)Nc2ccc(CC#N)cc2)cc1OC. The molecule has 1 N–H and O–H groups in total. The van der Waals surface area contributed by atoms with Crippen LogP contribution in [-0.4, -0.2) is 19.6 Å². The van der Waals surface area contributed by atoms with Gasteiger partial charge in [-0.3, -0.25) is 4.79 Å². The van der Waals surface area contributed by atoms with E-state index in [1.165, 1.54) is 6.08 Å². The molecule has 0 aromatic heterocycles. The number of methoxy groups -OCH3 is 1. The molecule has 0 saturated carbocycles. The van der Waals surface area contributed by atoms with Crippen LogP contribution in [-0.2, 0) is 11.2 Å². The number of carbonyl (C=O) groups is 1. The van der Waals surface area contributed by atoms with Crippen molar-refractivity contribution in [3.05, 3.63) is 59.7 Å². The normalized spacial score (nSPS) is 10.3. The smallest absolute Gasteiger partial charge is 0.248 e. The van der Waals surface area contributed by atoms with E-state index in [4.69, 9.17) is 14.7 Å². The minimum absolute atomic E-state index is 0.235. The predicted molar refractivity (Wildman–Crippen MR) is 97.6 cm³/mol. The van der Waals surface area contributed by atoms with Crippen LogP contribution in [0.25, 0.3) is 6.08 Å². The van der Waals surface area contributed by atoms with Crippen molar-refractivity contribution in [1.29, 1.82) is 5.26 Å². The van der Waals surface area contributed by atoms with Gasteiger partial charge in [0, 0.05) is 11.8 Å². The summed E-state index contributed by atoms with van der Waals surface area (Å²) in [5.41, 5.74) is 2.43. The summed E-state index contributed by atoms with van der Waals surface area (Å²) >= 11 is 0. The van der Waals surface area contributed by atoms with Crippen LogP contribution >= 0.6 is 0 Å². The first-order valence-corrected chi connectivity index (χ1v) is 7.92. The Kier molecular flexibility index (Phi) is 6.61. The monoisotopic (exact) mass is 336 g/mol. The maximum Gasteiger partial charge on any atom is 0.248 e. The Morgan fingerprint density at radius 3 is 2.60 bits per heavy atom. The highest BCUT2D eigenvalue weighted by Crippen LogP contribution is 2.28. The van der Waals surface area contributed by atoms with Gasteiger partial charge in [0.2, 0.25) is 5.91 Å². The minimum Gasteiger partial charge on any atom is -0.493 e. The Bertz CT molecular complexity index is 790. The third kappa shape index (κ3) is 5.40. The van der Waals surface area contributed by atoms with Gasteiger partial charge in [-0.1, -0.05) is 18.2 Å². The highest BCUT2D eigenvalue weighted by Gasteiger charge is 2.04. The maximum atomic E-state index is 12.0. The molecule has 5 nitrogen and oxygen atoms in total. The van der Waals surface area contributed by atoms with Gasteiger partial charge in [0.05, 0.1) is 26.2 Å². The Morgan fingerprint density at radius 1 is 1.20 bits per heavy atom. The van der Waals surface area contributed by atoms with Gasteiger partial charge in [-0.25, -0.2) is 0 Å². The fourth-order valence-electron chi connectivity index (χ4n) is 2.22. The van der Waals surface area contributed by atoms with E-state index in [1.54, 1.807) is 25.3 Å². The highest BCUT2D eigenvalue weighted by atomic mass is 16.5. The van der Waals surface area contributed by atoms with Crippen molar-refractivity contribution >= 4 is 17.7 Å². The van der Waals surface area contributed by atoms with Crippen molar-refractivity contribution in [2.45, 2.75) is 13.3 Å². The minimum atomic E-state index is -0.235. The second-order valence-corrected chi connectivity index (χ2v) is 5.20. The highest BCUT2D eigenvalue weighted by molar-refractivity contribution is 6.01. The number of ether oxygens (including phenoxy) is 2. The lowest BCUT2D eigenvalue weighted by Gasteiger charge is -2.09. The van der Waals surface area contributed by atoms with Gasteiger partial charge < -0.3 is 14.8 Å². The first-order valence-electron chi connectivity index (χ1n) is 7.92. The third-order valence-electron chi connectivity index (χ3n) is 3.42. The standard InChI is InChI=1S/C20H20N2O3/c1-3-25-18-10-6-16(14-19(18)24-2)7-11-20(23)22-17-8-4-15(5-9-17)12-13-21/h4-11,14H,3,12H2,1-2H3,(H,22,23)/b11-7+. The molecule has 128 valence electrons. The van der Waals surface area contributed by atoms with Crippen molar-refractivity contribution < 1.29 is 14.3 Å².